The third kappa shape index (κ3) is 3.73. The van der Waals surface area contributed by atoms with Crippen molar-refractivity contribution in [2.45, 2.75) is 31.6 Å². The van der Waals surface area contributed by atoms with Crippen LogP contribution in [-0.4, -0.2) is 29.0 Å². The molecular formula is C20H23NO2. The molecule has 3 rings (SSSR count). The number of carbonyl (C=O) groups is 1. The van der Waals surface area contributed by atoms with Gasteiger partial charge in [0.1, 0.15) is 5.75 Å². The van der Waals surface area contributed by atoms with E-state index < -0.39 is 0 Å². The molecule has 23 heavy (non-hydrogen) atoms. The number of hydrogen-bond acceptors (Lipinski definition) is 2. The van der Waals surface area contributed by atoms with Gasteiger partial charge in [0.05, 0.1) is 0 Å². The lowest BCUT2D eigenvalue weighted by Gasteiger charge is -2.29. The Balaban J connectivity index is 1.87. The molecule has 0 spiro atoms. The van der Waals surface area contributed by atoms with Crippen LogP contribution in [0.5, 0.6) is 5.75 Å². The second-order valence-electron chi connectivity index (χ2n) is 6.17. The van der Waals surface area contributed by atoms with Crippen LogP contribution in [0.25, 0.3) is 0 Å². The second-order valence-corrected chi connectivity index (χ2v) is 6.17. The lowest BCUT2D eigenvalue weighted by Crippen LogP contribution is -2.36. The molecule has 120 valence electrons. The summed E-state index contributed by atoms with van der Waals surface area (Å²) in [5, 5.41) is 10.2. The predicted molar refractivity (Wildman–Crippen MR) is 91.4 cm³/mol. The van der Waals surface area contributed by atoms with Crippen molar-refractivity contribution in [3.8, 4) is 5.75 Å². The van der Waals surface area contributed by atoms with Gasteiger partial charge in [0.15, 0.2) is 0 Å². The van der Waals surface area contributed by atoms with Gasteiger partial charge in [0, 0.05) is 31.0 Å². The Morgan fingerprint density at radius 2 is 1.61 bits per heavy atom. The van der Waals surface area contributed by atoms with Crippen molar-refractivity contribution in [2.24, 2.45) is 0 Å². The minimum absolute atomic E-state index is 0.105. The first-order valence-corrected chi connectivity index (χ1v) is 8.36. The molecule has 0 aliphatic carbocycles. The van der Waals surface area contributed by atoms with Crippen LogP contribution >= 0.6 is 0 Å². The quantitative estimate of drug-likeness (QED) is 0.929. The fourth-order valence-electron chi connectivity index (χ4n) is 3.32. The summed E-state index contributed by atoms with van der Waals surface area (Å²) in [5.74, 6) is 0.335. The van der Waals surface area contributed by atoms with Crippen LogP contribution in [0.2, 0.25) is 0 Å². The molecule has 0 aromatic heterocycles. The minimum Gasteiger partial charge on any atom is -0.508 e. The van der Waals surface area contributed by atoms with Gasteiger partial charge in [-0.2, -0.15) is 0 Å². The van der Waals surface area contributed by atoms with Gasteiger partial charge in [-0.05, 0) is 30.9 Å². The van der Waals surface area contributed by atoms with Gasteiger partial charge in [0.25, 0.3) is 0 Å². The zero-order valence-electron chi connectivity index (χ0n) is 13.3. The molecule has 1 fully saturated rings. The largest absolute Gasteiger partial charge is 0.508 e. The summed E-state index contributed by atoms with van der Waals surface area (Å²) in [7, 11) is 0. The smallest absolute Gasteiger partial charge is 0.223 e. The normalized spacial score (nSPS) is 16.1. The number of likely N-dealkylation sites (tertiary alicyclic amines) is 1. The van der Waals surface area contributed by atoms with Crippen molar-refractivity contribution in [3.05, 3.63) is 65.7 Å². The predicted octanol–water partition coefficient (Wildman–Crippen LogP) is 3.93. The molecule has 1 aliphatic rings. The Bertz CT molecular complexity index is 648. The van der Waals surface area contributed by atoms with Gasteiger partial charge < -0.3 is 10.0 Å². The molecule has 1 aliphatic heterocycles. The number of hydrogen-bond donors (Lipinski definition) is 1. The van der Waals surface area contributed by atoms with Crippen LogP contribution in [0, 0.1) is 0 Å². The van der Waals surface area contributed by atoms with E-state index in [1.807, 2.05) is 53.4 Å². The first-order valence-electron chi connectivity index (χ1n) is 8.36. The summed E-state index contributed by atoms with van der Waals surface area (Å²) in [4.78, 5) is 14.7. The van der Waals surface area contributed by atoms with E-state index in [2.05, 4.69) is 0 Å². The van der Waals surface area contributed by atoms with Crippen molar-refractivity contribution in [1.82, 2.24) is 4.90 Å². The maximum atomic E-state index is 12.7. The molecule has 2 aromatic rings. The summed E-state index contributed by atoms with van der Waals surface area (Å²) < 4.78 is 0. The van der Waals surface area contributed by atoms with Crippen LogP contribution < -0.4 is 0 Å². The summed E-state index contributed by atoms with van der Waals surface area (Å²) in [6.07, 6.45) is 3.81. The van der Waals surface area contributed by atoms with E-state index in [9.17, 15) is 9.90 Å². The zero-order chi connectivity index (χ0) is 16.1. The van der Waals surface area contributed by atoms with Crippen LogP contribution in [0.15, 0.2) is 54.6 Å². The number of rotatable bonds is 4. The lowest BCUT2D eigenvalue weighted by atomic mass is 9.87. The van der Waals surface area contributed by atoms with Crippen LogP contribution in [-0.2, 0) is 4.79 Å². The number of piperidine rings is 1. The van der Waals surface area contributed by atoms with E-state index >= 15 is 0 Å². The third-order valence-corrected chi connectivity index (χ3v) is 4.60. The van der Waals surface area contributed by atoms with Crippen molar-refractivity contribution >= 4 is 5.91 Å². The standard InChI is InChI=1S/C20H23NO2/c22-19-12-6-5-11-17(19)18(16-9-3-1-4-10-16)15-20(23)21-13-7-2-8-14-21/h1,3-6,9-12,18,22H,2,7-8,13-15H2/t18-/m1/s1. The van der Waals surface area contributed by atoms with Gasteiger partial charge >= 0.3 is 0 Å². The van der Waals surface area contributed by atoms with E-state index in [0.29, 0.717) is 6.42 Å². The monoisotopic (exact) mass is 309 g/mol. The number of benzene rings is 2. The van der Waals surface area contributed by atoms with Gasteiger partial charge in [0.2, 0.25) is 5.91 Å². The number of carbonyl (C=O) groups excluding carboxylic acids is 1. The van der Waals surface area contributed by atoms with E-state index in [1.54, 1.807) is 6.07 Å². The number of phenolic OH excluding ortho intramolecular Hbond substituents is 1. The Hall–Kier alpha value is -2.29. The van der Waals surface area contributed by atoms with Gasteiger partial charge in [-0.15, -0.1) is 0 Å². The maximum Gasteiger partial charge on any atom is 0.223 e. The van der Waals surface area contributed by atoms with E-state index in [0.717, 1.165) is 37.1 Å². The lowest BCUT2D eigenvalue weighted by molar-refractivity contribution is -0.132. The van der Waals surface area contributed by atoms with Crippen molar-refractivity contribution in [1.29, 1.82) is 0 Å². The Morgan fingerprint density at radius 1 is 0.957 bits per heavy atom. The molecule has 0 saturated carbocycles. The Labute approximate surface area is 137 Å². The summed E-state index contributed by atoms with van der Waals surface area (Å²) >= 11 is 0. The van der Waals surface area contributed by atoms with E-state index in [-0.39, 0.29) is 17.6 Å². The molecule has 1 saturated heterocycles. The number of amides is 1. The first kappa shape index (κ1) is 15.6. The molecule has 1 heterocycles. The molecule has 0 bridgehead atoms. The van der Waals surface area contributed by atoms with Crippen LogP contribution in [0.1, 0.15) is 42.7 Å². The highest BCUT2D eigenvalue weighted by Gasteiger charge is 2.24. The van der Waals surface area contributed by atoms with Crippen molar-refractivity contribution in [3.63, 3.8) is 0 Å². The Morgan fingerprint density at radius 3 is 2.30 bits per heavy atom. The highest BCUT2D eigenvalue weighted by atomic mass is 16.3. The molecule has 3 heteroatoms. The molecule has 3 nitrogen and oxygen atoms in total. The van der Waals surface area contributed by atoms with Gasteiger partial charge in [-0.3, -0.25) is 4.79 Å². The van der Waals surface area contributed by atoms with Crippen molar-refractivity contribution < 1.29 is 9.90 Å². The van der Waals surface area contributed by atoms with Gasteiger partial charge in [-0.1, -0.05) is 48.5 Å². The number of nitrogens with zero attached hydrogens (tertiary/aromatic N) is 1. The molecule has 0 radical (unpaired) electrons. The average Bonchev–Trinajstić information content (AvgIpc) is 2.62. The third-order valence-electron chi connectivity index (χ3n) is 4.60. The molecule has 2 aromatic carbocycles. The first-order chi connectivity index (χ1) is 11.3. The number of para-hydroxylation sites is 1. The van der Waals surface area contributed by atoms with Crippen LogP contribution in [0.4, 0.5) is 0 Å². The Kier molecular flexibility index (Phi) is 4.96. The fraction of sp³-hybridized carbons (Fsp3) is 0.350. The van der Waals surface area contributed by atoms with Crippen LogP contribution in [0.3, 0.4) is 0 Å². The summed E-state index contributed by atoms with van der Waals surface area (Å²) in [5.41, 5.74) is 1.89. The highest BCUT2D eigenvalue weighted by molar-refractivity contribution is 5.78. The minimum atomic E-state index is -0.105. The van der Waals surface area contributed by atoms with E-state index in [1.165, 1.54) is 6.42 Å². The molecular weight excluding hydrogens is 286 g/mol. The van der Waals surface area contributed by atoms with Gasteiger partial charge in [-0.25, -0.2) is 0 Å². The highest BCUT2D eigenvalue weighted by Crippen LogP contribution is 2.34. The molecule has 1 N–H and O–H groups in total. The molecule has 1 atom stereocenters. The maximum absolute atomic E-state index is 12.7. The second kappa shape index (κ2) is 7.32. The number of aromatic hydroxyl groups is 1. The molecule has 0 unspecified atom stereocenters. The summed E-state index contributed by atoms with van der Waals surface area (Å²) in [6.45, 7) is 1.72. The summed E-state index contributed by atoms with van der Waals surface area (Å²) in [6, 6.07) is 17.3. The fourth-order valence-corrected chi connectivity index (χ4v) is 3.32. The SMILES string of the molecule is O=C(C[C@H](c1ccccc1)c1ccccc1O)N1CCCCC1. The topological polar surface area (TPSA) is 40.5 Å². The van der Waals surface area contributed by atoms with Crippen molar-refractivity contribution in [2.75, 3.05) is 13.1 Å². The van der Waals surface area contributed by atoms with E-state index in [4.69, 9.17) is 0 Å². The number of phenols is 1. The zero-order valence-corrected chi connectivity index (χ0v) is 13.3. The molecule has 1 amide bonds. The average molecular weight is 309 g/mol.